The van der Waals surface area contributed by atoms with Crippen molar-refractivity contribution < 1.29 is 40.7 Å². The molecule has 1 saturated heterocycles. The number of nitrogens with one attached hydrogen (secondary N) is 1. The summed E-state index contributed by atoms with van der Waals surface area (Å²) in [5.41, 5.74) is 0.0287. The number of alkyl halides is 3. The number of amides is 2. The lowest BCUT2D eigenvalue weighted by Crippen LogP contribution is -2.32. The van der Waals surface area contributed by atoms with Crippen molar-refractivity contribution in [1.82, 2.24) is 14.8 Å². The minimum Gasteiger partial charge on any atom is -0.495 e. The van der Waals surface area contributed by atoms with Crippen molar-refractivity contribution in [3.05, 3.63) is 102 Å². The fourth-order valence-electron chi connectivity index (χ4n) is 5.17. The molecule has 0 aliphatic carbocycles. The maximum Gasteiger partial charge on any atom is 0.434 e. The Balaban J connectivity index is 1.31. The van der Waals surface area contributed by atoms with E-state index in [4.69, 9.17) is 9.47 Å². The molecule has 0 radical (unpaired) electrons. The largest absolute Gasteiger partial charge is 0.495 e. The molecule has 1 aliphatic heterocycles. The fourth-order valence-corrected chi connectivity index (χ4v) is 6.42. The topological polar surface area (TPSA) is 118 Å². The second-order valence-electron chi connectivity index (χ2n) is 11.0. The van der Waals surface area contributed by atoms with Gasteiger partial charge in [-0.05, 0) is 59.7 Å². The van der Waals surface area contributed by atoms with E-state index in [9.17, 15) is 31.2 Å². The lowest BCUT2D eigenvalue weighted by Gasteiger charge is -2.19. The molecule has 10 nitrogen and oxygen atoms in total. The number of rotatable bonds is 9. The minimum atomic E-state index is -4.78. The maximum atomic E-state index is 13.6. The van der Waals surface area contributed by atoms with Gasteiger partial charge in [0, 0.05) is 44.9 Å². The number of hydrogen-bond donors (Lipinski definition) is 1. The van der Waals surface area contributed by atoms with E-state index in [1.54, 1.807) is 56.6 Å². The molecule has 3 aromatic carbocycles. The van der Waals surface area contributed by atoms with Crippen LogP contribution in [0.1, 0.15) is 32.8 Å². The van der Waals surface area contributed by atoms with Crippen LogP contribution in [0.25, 0.3) is 11.1 Å². The molecule has 5 rings (SSSR count). The van der Waals surface area contributed by atoms with Crippen LogP contribution in [-0.2, 0) is 16.2 Å². The molecule has 1 aromatic heterocycles. The van der Waals surface area contributed by atoms with Crippen LogP contribution in [-0.4, -0.2) is 75.4 Å². The van der Waals surface area contributed by atoms with Gasteiger partial charge in [-0.3, -0.25) is 19.3 Å². The number of likely N-dealkylation sites (tertiary alicyclic amines) is 1. The van der Waals surface area contributed by atoms with Crippen molar-refractivity contribution in [3.8, 4) is 22.6 Å². The van der Waals surface area contributed by atoms with Gasteiger partial charge in [0.2, 0.25) is 0 Å². The van der Waals surface area contributed by atoms with Gasteiger partial charge in [0.1, 0.15) is 22.5 Å². The first-order chi connectivity index (χ1) is 22.3. The van der Waals surface area contributed by atoms with Gasteiger partial charge in [-0.1, -0.05) is 24.3 Å². The Morgan fingerprint density at radius 3 is 2.45 bits per heavy atom. The second kappa shape index (κ2) is 13.3. The Labute approximate surface area is 269 Å². The molecule has 1 aliphatic rings. The number of hydrogen-bond acceptors (Lipinski definition) is 7. The molecule has 0 bridgehead atoms. The van der Waals surface area contributed by atoms with Crippen molar-refractivity contribution in [2.45, 2.75) is 23.6 Å². The van der Waals surface area contributed by atoms with Crippen LogP contribution in [0.15, 0.2) is 90.0 Å². The summed E-state index contributed by atoms with van der Waals surface area (Å²) in [4.78, 5) is 31.3. The average Bonchev–Trinajstić information content (AvgIpc) is 3.51. The molecule has 1 atom stereocenters. The zero-order valence-corrected chi connectivity index (χ0v) is 26.4. The predicted molar refractivity (Wildman–Crippen MR) is 168 cm³/mol. The zero-order chi connectivity index (χ0) is 33.9. The fraction of sp³-hybridized carbons (Fsp3) is 0.242. The van der Waals surface area contributed by atoms with E-state index in [0.717, 1.165) is 12.3 Å². The Bertz CT molecular complexity index is 1920. The molecule has 14 heteroatoms. The quantitative estimate of drug-likeness (QED) is 0.248. The third-order valence-corrected chi connectivity index (χ3v) is 8.83. The molecule has 0 unspecified atom stereocenters. The van der Waals surface area contributed by atoms with Crippen LogP contribution in [0.5, 0.6) is 11.5 Å². The summed E-state index contributed by atoms with van der Waals surface area (Å²) in [5.74, 6) is -0.597. The van der Waals surface area contributed by atoms with Gasteiger partial charge in [-0.2, -0.15) is 13.2 Å². The lowest BCUT2D eigenvalue weighted by molar-refractivity contribution is -0.141. The van der Waals surface area contributed by atoms with Crippen molar-refractivity contribution >= 4 is 27.5 Å². The summed E-state index contributed by atoms with van der Waals surface area (Å²) in [6.45, 7) is 0.205. The third kappa shape index (κ3) is 7.49. The number of carbonyl (C=O) groups excluding carboxylic acids is 2. The van der Waals surface area contributed by atoms with Gasteiger partial charge < -0.3 is 19.3 Å². The number of sulfonamides is 1. The maximum absolute atomic E-state index is 13.6. The van der Waals surface area contributed by atoms with E-state index in [2.05, 4.69) is 9.71 Å². The van der Waals surface area contributed by atoms with Crippen molar-refractivity contribution in [3.63, 3.8) is 0 Å². The van der Waals surface area contributed by atoms with E-state index >= 15 is 0 Å². The third-order valence-electron chi connectivity index (χ3n) is 7.43. The highest BCUT2D eigenvalue weighted by molar-refractivity contribution is 7.92. The van der Waals surface area contributed by atoms with E-state index in [1.807, 2.05) is 0 Å². The molecule has 0 saturated carbocycles. The minimum absolute atomic E-state index is 0.0340. The Hall–Kier alpha value is -5.11. The van der Waals surface area contributed by atoms with Crippen LogP contribution in [0, 0.1) is 0 Å². The number of carbonyl (C=O) groups is 2. The van der Waals surface area contributed by atoms with Crippen LogP contribution in [0.2, 0.25) is 0 Å². The predicted octanol–water partition coefficient (Wildman–Crippen LogP) is 5.57. The van der Waals surface area contributed by atoms with Crippen molar-refractivity contribution in [1.29, 1.82) is 0 Å². The number of pyridine rings is 1. The van der Waals surface area contributed by atoms with Gasteiger partial charge in [0.15, 0.2) is 5.69 Å². The van der Waals surface area contributed by atoms with Crippen LogP contribution >= 0.6 is 0 Å². The first kappa shape index (κ1) is 33.3. The second-order valence-corrected chi connectivity index (χ2v) is 12.6. The first-order valence-corrected chi connectivity index (χ1v) is 15.9. The van der Waals surface area contributed by atoms with Gasteiger partial charge in [0.25, 0.3) is 21.8 Å². The number of benzene rings is 3. The van der Waals surface area contributed by atoms with Crippen molar-refractivity contribution in [2.75, 3.05) is 39.0 Å². The summed E-state index contributed by atoms with van der Waals surface area (Å²) in [6.07, 6.45) is -3.98. The molecule has 4 aromatic rings. The number of aromatic nitrogens is 1. The normalized spacial score (nSPS) is 14.9. The summed E-state index contributed by atoms with van der Waals surface area (Å²) < 4.78 is 81.3. The summed E-state index contributed by atoms with van der Waals surface area (Å²) in [7, 11) is 0.442. The Morgan fingerprint density at radius 1 is 0.979 bits per heavy atom. The van der Waals surface area contributed by atoms with E-state index in [1.165, 1.54) is 47.2 Å². The first-order valence-electron chi connectivity index (χ1n) is 14.4. The molecule has 246 valence electrons. The van der Waals surface area contributed by atoms with E-state index < -0.39 is 39.5 Å². The number of halogens is 3. The van der Waals surface area contributed by atoms with Crippen LogP contribution in [0.4, 0.5) is 18.9 Å². The Kier molecular flexibility index (Phi) is 9.43. The summed E-state index contributed by atoms with van der Waals surface area (Å²) in [6, 6.07) is 20.1. The average molecular weight is 669 g/mol. The molecular weight excluding hydrogens is 637 g/mol. The molecule has 1 fully saturated rings. The van der Waals surface area contributed by atoms with Crippen LogP contribution in [0.3, 0.4) is 0 Å². The standard InChI is InChI=1S/C33H31F3N4O6S/c1-39(2)31(41)23-8-4-7-21(17-23)22-12-13-28(45-3)29(18-22)47(43,44)38-24-9-5-10-25(19-24)46-26-14-16-40(20-26)32(42)27-11-6-15-37-30(27)33(34,35)36/h4-13,15,17-19,26,38H,14,16,20H2,1-3H3/t26-/m0/s1. The van der Waals surface area contributed by atoms with Gasteiger partial charge in [-0.15, -0.1) is 0 Å². The molecule has 0 spiro atoms. The number of ether oxygens (including phenoxy) is 2. The van der Waals surface area contributed by atoms with E-state index in [-0.39, 0.29) is 35.3 Å². The monoisotopic (exact) mass is 668 g/mol. The highest BCUT2D eigenvalue weighted by Crippen LogP contribution is 2.34. The summed E-state index contributed by atoms with van der Waals surface area (Å²) >= 11 is 0. The number of nitrogens with zero attached hydrogens (tertiary/aromatic N) is 3. The molecule has 47 heavy (non-hydrogen) atoms. The molecular formula is C33H31F3N4O6S. The van der Waals surface area contributed by atoms with Gasteiger partial charge >= 0.3 is 6.18 Å². The van der Waals surface area contributed by atoms with Crippen molar-refractivity contribution in [2.24, 2.45) is 0 Å². The van der Waals surface area contributed by atoms with E-state index in [0.29, 0.717) is 28.9 Å². The highest BCUT2D eigenvalue weighted by atomic mass is 32.2. The SMILES string of the molecule is COc1ccc(-c2cccc(C(=O)N(C)C)c2)cc1S(=O)(=O)Nc1cccc(O[C@H]2CCN(C(=O)c3cccnc3C(F)(F)F)C2)c1. The lowest BCUT2D eigenvalue weighted by atomic mass is 10.0. The van der Waals surface area contributed by atoms with Gasteiger partial charge in [0.05, 0.1) is 24.9 Å². The molecule has 2 heterocycles. The molecule has 1 N–H and O–H groups in total. The number of methoxy groups -OCH3 is 1. The molecule has 2 amide bonds. The summed E-state index contributed by atoms with van der Waals surface area (Å²) in [5, 5.41) is 0. The number of anilines is 1. The van der Waals surface area contributed by atoms with Gasteiger partial charge in [-0.25, -0.2) is 8.42 Å². The van der Waals surface area contributed by atoms with Crippen LogP contribution < -0.4 is 14.2 Å². The highest BCUT2D eigenvalue weighted by Gasteiger charge is 2.39. The zero-order valence-electron chi connectivity index (χ0n) is 25.6. The Morgan fingerprint density at radius 2 is 1.72 bits per heavy atom. The smallest absolute Gasteiger partial charge is 0.434 e.